The molecule has 0 saturated heterocycles. The van der Waals surface area contributed by atoms with Crippen LogP contribution in [-0.2, 0) is 0 Å². The highest BCUT2D eigenvalue weighted by molar-refractivity contribution is 9.10. The number of halogens is 1. The average molecular weight is 306 g/mol. The third kappa shape index (κ3) is 2.87. The lowest BCUT2D eigenvalue weighted by atomic mass is 10.2. The Kier molecular flexibility index (Phi) is 3.62. The fourth-order valence-corrected chi connectivity index (χ4v) is 1.69. The van der Waals surface area contributed by atoms with Crippen LogP contribution >= 0.6 is 15.9 Å². The molecule has 0 unspecified atom stereocenters. The molecule has 1 amide bonds. The van der Waals surface area contributed by atoms with Gasteiger partial charge in [-0.05, 0) is 58.7 Å². The lowest BCUT2D eigenvalue weighted by molar-refractivity contribution is 0.102. The van der Waals surface area contributed by atoms with Gasteiger partial charge >= 0.3 is 0 Å². The third-order valence-corrected chi connectivity index (χ3v) is 2.96. The van der Waals surface area contributed by atoms with Gasteiger partial charge in [-0.15, -0.1) is 0 Å². The molecule has 2 aromatic rings. The molecule has 0 fully saturated rings. The number of aryl methyl sites for hydroxylation is 1. The number of hydrogen-bond acceptors (Lipinski definition) is 3. The number of carbonyl (C=O) groups is 1. The number of nitrogens with zero attached hydrogens (tertiary/aromatic N) is 1. The smallest absolute Gasteiger partial charge is 0.274 e. The number of nitrogens with one attached hydrogen (secondary N) is 1. The fraction of sp³-hybridized carbons (Fsp3) is 0.0769. The van der Waals surface area contributed by atoms with Crippen molar-refractivity contribution in [1.29, 1.82) is 0 Å². The van der Waals surface area contributed by atoms with E-state index in [-0.39, 0.29) is 5.91 Å². The first-order valence-corrected chi connectivity index (χ1v) is 6.14. The Balaban J connectivity index is 2.16. The zero-order valence-corrected chi connectivity index (χ0v) is 11.4. The summed E-state index contributed by atoms with van der Waals surface area (Å²) >= 11 is 3.27. The summed E-state index contributed by atoms with van der Waals surface area (Å²) in [5.74, 6) is -0.244. The molecule has 0 spiro atoms. The van der Waals surface area contributed by atoms with Crippen LogP contribution < -0.4 is 11.1 Å². The first-order valence-electron chi connectivity index (χ1n) is 5.35. The minimum atomic E-state index is -0.244. The minimum absolute atomic E-state index is 0.244. The molecule has 0 bridgehead atoms. The van der Waals surface area contributed by atoms with Gasteiger partial charge in [-0.2, -0.15) is 0 Å². The molecular formula is C13H12BrN3O. The summed E-state index contributed by atoms with van der Waals surface area (Å²) in [7, 11) is 0. The number of aromatic nitrogens is 1. The molecule has 1 aromatic carbocycles. The van der Waals surface area contributed by atoms with Gasteiger partial charge in [0.15, 0.2) is 0 Å². The molecule has 0 atom stereocenters. The Morgan fingerprint density at radius 2 is 2.11 bits per heavy atom. The van der Waals surface area contributed by atoms with Crippen molar-refractivity contribution >= 4 is 33.2 Å². The number of hydrogen-bond donors (Lipinski definition) is 2. The zero-order valence-electron chi connectivity index (χ0n) is 9.77. The summed E-state index contributed by atoms with van der Waals surface area (Å²) in [6.07, 6.45) is 1.59. The standard InChI is InChI=1S/C13H12BrN3O/c1-8-6-10(3-4-11(8)15)17-13(18)12-5-2-9(14)7-16-12/h2-7H,15H2,1H3,(H,17,18). The van der Waals surface area contributed by atoms with Gasteiger partial charge in [0.2, 0.25) is 0 Å². The molecule has 2 rings (SSSR count). The van der Waals surface area contributed by atoms with E-state index < -0.39 is 0 Å². The molecule has 1 aromatic heterocycles. The van der Waals surface area contributed by atoms with E-state index in [0.29, 0.717) is 17.1 Å². The van der Waals surface area contributed by atoms with Crippen LogP contribution in [0, 0.1) is 6.92 Å². The molecule has 0 aliphatic heterocycles. The van der Waals surface area contributed by atoms with Crippen LogP contribution in [0.5, 0.6) is 0 Å². The number of carbonyl (C=O) groups excluding carboxylic acids is 1. The highest BCUT2D eigenvalue weighted by Crippen LogP contribution is 2.17. The lowest BCUT2D eigenvalue weighted by Crippen LogP contribution is -2.13. The van der Waals surface area contributed by atoms with Crippen LogP contribution in [-0.4, -0.2) is 10.9 Å². The zero-order chi connectivity index (χ0) is 13.1. The van der Waals surface area contributed by atoms with Gasteiger partial charge in [-0.1, -0.05) is 0 Å². The van der Waals surface area contributed by atoms with Crippen molar-refractivity contribution in [3.05, 3.63) is 52.3 Å². The third-order valence-electron chi connectivity index (χ3n) is 2.49. The van der Waals surface area contributed by atoms with Crippen molar-refractivity contribution in [3.8, 4) is 0 Å². The maximum absolute atomic E-state index is 11.9. The van der Waals surface area contributed by atoms with E-state index >= 15 is 0 Å². The summed E-state index contributed by atoms with van der Waals surface area (Å²) in [5, 5.41) is 2.77. The summed E-state index contributed by atoms with van der Waals surface area (Å²) in [6.45, 7) is 1.89. The summed E-state index contributed by atoms with van der Waals surface area (Å²) in [4.78, 5) is 15.9. The molecule has 92 valence electrons. The molecule has 0 radical (unpaired) electrons. The number of nitrogens with two attached hydrogens (primary N) is 1. The molecule has 0 aliphatic rings. The summed E-state index contributed by atoms with van der Waals surface area (Å²) in [5.41, 5.74) is 8.42. The molecular weight excluding hydrogens is 294 g/mol. The number of anilines is 2. The van der Waals surface area contributed by atoms with Crippen LogP contribution in [0.25, 0.3) is 0 Å². The van der Waals surface area contributed by atoms with Crippen LogP contribution in [0.2, 0.25) is 0 Å². The topological polar surface area (TPSA) is 68.0 Å². The van der Waals surface area contributed by atoms with Crippen LogP contribution in [0.3, 0.4) is 0 Å². The van der Waals surface area contributed by atoms with E-state index in [0.717, 1.165) is 10.0 Å². The van der Waals surface area contributed by atoms with Gasteiger partial charge < -0.3 is 11.1 Å². The molecule has 3 N–H and O–H groups in total. The van der Waals surface area contributed by atoms with Crippen LogP contribution in [0.15, 0.2) is 41.0 Å². The van der Waals surface area contributed by atoms with E-state index in [2.05, 4.69) is 26.2 Å². The van der Waals surface area contributed by atoms with Crippen molar-refractivity contribution in [2.24, 2.45) is 0 Å². The van der Waals surface area contributed by atoms with Gasteiger partial charge in [-0.25, -0.2) is 4.98 Å². The van der Waals surface area contributed by atoms with Crippen molar-refractivity contribution in [2.45, 2.75) is 6.92 Å². The number of pyridine rings is 1. The van der Waals surface area contributed by atoms with Crippen molar-refractivity contribution < 1.29 is 4.79 Å². The quantitative estimate of drug-likeness (QED) is 0.838. The summed E-state index contributed by atoms with van der Waals surface area (Å²) in [6, 6.07) is 8.78. The van der Waals surface area contributed by atoms with Gasteiger partial charge in [0.25, 0.3) is 5.91 Å². The molecule has 18 heavy (non-hydrogen) atoms. The highest BCUT2D eigenvalue weighted by Gasteiger charge is 2.07. The predicted octanol–water partition coefficient (Wildman–Crippen LogP) is 2.99. The predicted molar refractivity (Wildman–Crippen MR) is 75.5 cm³/mol. The number of amides is 1. The molecule has 4 nitrogen and oxygen atoms in total. The first-order chi connectivity index (χ1) is 8.56. The molecule has 0 aliphatic carbocycles. The van der Waals surface area contributed by atoms with E-state index in [1.54, 1.807) is 30.5 Å². The van der Waals surface area contributed by atoms with E-state index in [9.17, 15) is 4.79 Å². The Labute approximate surface area is 113 Å². The Morgan fingerprint density at radius 3 is 2.72 bits per heavy atom. The maximum Gasteiger partial charge on any atom is 0.274 e. The number of benzene rings is 1. The van der Waals surface area contributed by atoms with Gasteiger partial charge in [-0.3, -0.25) is 4.79 Å². The Bertz CT molecular complexity index is 581. The normalized spacial score (nSPS) is 10.1. The highest BCUT2D eigenvalue weighted by atomic mass is 79.9. The van der Waals surface area contributed by atoms with E-state index in [4.69, 9.17) is 5.73 Å². The van der Waals surface area contributed by atoms with E-state index in [1.807, 2.05) is 13.0 Å². The maximum atomic E-state index is 11.9. The van der Waals surface area contributed by atoms with E-state index in [1.165, 1.54) is 0 Å². The van der Waals surface area contributed by atoms with Gasteiger partial charge in [0, 0.05) is 22.0 Å². The second kappa shape index (κ2) is 5.18. The van der Waals surface area contributed by atoms with Crippen molar-refractivity contribution in [3.63, 3.8) is 0 Å². The summed E-state index contributed by atoms with van der Waals surface area (Å²) < 4.78 is 0.836. The monoisotopic (exact) mass is 305 g/mol. The van der Waals surface area contributed by atoms with Crippen molar-refractivity contribution in [2.75, 3.05) is 11.1 Å². The number of nitrogen functional groups attached to an aromatic ring is 1. The van der Waals surface area contributed by atoms with Crippen LogP contribution in [0.1, 0.15) is 16.1 Å². The van der Waals surface area contributed by atoms with Gasteiger partial charge in [0.1, 0.15) is 5.69 Å². The minimum Gasteiger partial charge on any atom is -0.399 e. The van der Waals surface area contributed by atoms with Gasteiger partial charge in [0.05, 0.1) is 0 Å². The molecule has 5 heteroatoms. The first kappa shape index (κ1) is 12.6. The second-order valence-corrected chi connectivity index (χ2v) is 4.80. The Hall–Kier alpha value is -1.88. The largest absolute Gasteiger partial charge is 0.399 e. The second-order valence-electron chi connectivity index (χ2n) is 3.89. The SMILES string of the molecule is Cc1cc(NC(=O)c2ccc(Br)cn2)ccc1N. The fourth-order valence-electron chi connectivity index (χ4n) is 1.46. The molecule has 0 saturated carbocycles. The molecule has 1 heterocycles. The Morgan fingerprint density at radius 1 is 1.33 bits per heavy atom. The average Bonchev–Trinajstić information content (AvgIpc) is 2.34. The van der Waals surface area contributed by atoms with Crippen molar-refractivity contribution in [1.82, 2.24) is 4.98 Å². The van der Waals surface area contributed by atoms with Crippen LogP contribution in [0.4, 0.5) is 11.4 Å². The number of rotatable bonds is 2. The lowest BCUT2D eigenvalue weighted by Gasteiger charge is -2.07.